The van der Waals surface area contributed by atoms with Crippen LogP contribution in [0.15, 0.2) is 0 Å². The maximum Gasteiger partial charge on any atom is 0.312 e. The second kappa shape index (κ2) is 13.5. The first-order valence-corrected chi connectivity index (χ1v) is 5.61. The van der Waals surface area contributed by atoms with E-state index in [2.05, 4.69) is 24.5 Å². The number of nitrogens with two attached hydrogens (primary N) is 2. The lowest BCUT2D eigenvalue weighted by atomic mass is 10.3. The summed E-state index contributed by atoms with van der Waals surface area (Å²) in [6.07, 6.45) is 4.17. The van der Waals surface area contributed by atoms with Gasteiger partial charge in [-0.15, -0.1) is 0 Å². The predicted molar refractivity (Wildman–Crippen MR) is 65.0 cm³/mol. The fourth-order valence-electron chi connectivity index (χ4n) is 0.777. The van der Waals surface area contributed by atoms with Crippen molar-refractivity contribution in [1.29, 1.82) is 0 Å². The van der Waals surface area contributed by atoms with E-state index in [9.17, 15) is 9.59 Å². The fourth-order valence-corrected chi connectivity index (χ4v) is 0.777. The molecule has 0 aromatic carbocycles. The average molecular weight is 232 g/mol. The number of urea groups is 2. The summed E-state index contributed by atoms with van der Waals surface area (Å²) in [5, 5.41) is 4.97. The molecule has 0 heterocycles. The number of hydrogen-bond donors (Lipinski definition) is 4. The Morgan fingerprint density at radius 2 is 1.19 bits per heavy atom. The van der Waals surface area contributed by atoms with Gasteiger partial charge in [-0.1, -0.05) is 26.7 Å². The van der Waals surface area contributed by atoms with Crippen LogP contribution in [0.2, 0.25) is 0 Å². The number of nitrogens with one attached hydrogen (secondary N) is 2. The molecule has 0 spiro atoms. The molecule has 0 saturated carbocycles. The van der Waals surface area contributed by atoms with Crippen LogP contribution in [0.3, 0.4) is 0 Å². The van der Waals surface area contributed by atoms with Gasteiger partial charge in [0.2, 0.25) is 0 Å². The van der Waals surface area contributed by atoms with E-state index in [0.29, 0.717) is 13.1 Å². The van der Waals surface area contributed by atoms with E-state index >= 15 is 0 Å². The molecule has 96 valence electrons. The monoisotopic (exact) mass is 232 g/mol. The molecule has 0 aliphatic rings. The molecule has 0 fully saturated rings. The number of carbonyl (C=O) groups excluding carboxylic acids is 2. The van der Waals surface area contributed by atoms with E-state index in [-0.39, 0.29) is 0 Å². The maximum absolute atomic E-state index is 9.99. The molecule has 0 rings (SSSR count). The molecule has 16 heavy (non-hydrogen) atoms. The highest BCUT2D eigenvalue weighted by molar-refractivity contribution is 5.71. The van der Waals surface area contributed by atoms with Gasteiger partial charge in [-0.25, -0.2) is 9.59 Å². The van der Waals surface area contributed by atoms with Crippen molar-refractivity contribution >= 4 is 12.1 Å². The van der Waals surface area contributed by atoms with E-state index in [0.717, 1.165) is 25.7 Å². The fraction of sp³-hybridized carbons (Fsp3) is 0.800. The first-order chi connectivity index (χ1) is 7.54. The van der Waals surface area contributed by atoms with Crippen LogP contribution in [0, 0.1) is 0 Å². The summed E-state index contributed by atoms with van der Waals surface area (Å²) in [5.74, 6) is 0. The van der Waals surface area contributed by atoms with Crippen molar-refractivity contribution in [2.75, 3.05) is 13.1 Å². The van der Waals surface area contributed by atoms with Crippen molar-refractivity contribution in [2.24, 2.45) is 11.5 Å². The number of rotatable bonds is 6. The van der Waals surface area contributed by atoms with Crippen LogP contribution in [0.25, 0.3) is 0 Å². The van der Waals surface area contributed by atoms with E-state index < -0.39 is 12.1 Å². The topological polar surface area (TPSA) is 110 Å². The van der Waals surface area contributed by atoms with Gasteiger partial charge in [0.05, 0.1) is 0 Å². The molecule has 0 atom stereocenters. The summed E-state index contributed by atoms with van der Waals surface area (Å²) in [6.45, 7) is 5.52. The summed E-state index contributed by atoms with van der Waals surface area (Å²) in [4.78, 5) is 20.0. The molecule has 4 amide bonds. The normalized spacial score (nSPS) is 8.62. The molecule has 0 aromatic heterocycles. The third kappa shape index (κ3) is 22.9. The van der Waals surface area contributed by atoms with Gasteiger partial charge < -0.3 is 22.1 Å². The Balaban J connectivity index is 0. The second-order valence-corrected chi connectivity index (χ2v) is 3.29. The summed E-state index contributed by atoms with van der Waals surface area (Å²) >= 11 is 0. The number of primary amides is 2. The Morgan fingerprint density at radius 1 is 0.875 bits per heavy atom. The van der Waals surface area contributed by atoms with Gasteiger partial charge in [0.1, 0.15) is 0 Å². The minimum atomic E-state index is -0.432. The highest BCUT2D eigenvalue weighted by Crippen LogP contribution is 1.81. The van der Waals surface area contributed by atoms with Crippen LogP contribution in [0.5, 0.6) is 0 Å². The zero-order chi connectivity index (χ0) is 12.8. The summed E-state index contributed by atoms with van der Waals surface area (Å²) in [7, 11) is 0. The maximum atomic E-state index is 9.99. The molecule has 0 radical (unpaired) electrons. The lowest BCUT2D eigenvalue weighted by molar-refractivity contribution is 0.248. The molecule has 0 bridgehead atoms. The van der Waals surface area contributed by atoms with Gasteiger partial charge in [0.15, 0.2) is 0 Å². The highest BCUT2D eigenvalue weighted by atomic mass is 16.2. The Kier molecular flexibility index (Phi) is 14.3. The molecule has 0 unspecified atom stereocenters. The molecule has 6 N–H and O–H groups in total. The Hall–Kier alpha value is -1.46. The molecule has 0 aliphatic heterocycles. The van der Waals surface area contributed by atoms with Gasteiger partial charge in [-0.3, -0.25) is 0 Å². The van der Waals surface area contributed by atoms with Crippen LogP contribution in [-0.2, 0) is 0 Å². The highest BCUT2D eigenvalue weighted by Gasteiger charge is 1.87. The van der Waals surface area contributed by atoms with E-state index in [1.807, 2.05) is 0 Å². The van der Waals surface area contributed by atoms with E-state index in [1.165, 1.54) is 0 Å². The van der Waals surface area contributed by atoms with Gasteiger partial charge >= 0.3 is 12.1 Å². The van der Waals surface area contributed by atoms with Crippen molar-refractivity contribution in [3.63, 3.8) is 0 Å². The van der Waals surface area contributed by atoms with Gasteiger partial charge in [0, 0.05) is 13.1 Å². The van der Waals surface area contributed by atoms with E-state index in [1.54, 1.807) is 0 Å². The van der Waals surface area contributed by atoms with Crippen LogP contribution in [0.1, 0.15) is 39.5 Å². The first kappa shape index (κ1) is 17.0. The molecule has 0 saturated heterocycles. The smallest absolute Gasteiger partial charge is 0.312 e. The van der Waals surface area contributed by atoms with Crippen LogP contribution >= 0.6 is 0 Å². The van der Waals surface area contributed by atoms with Crippen molar-refractivity contribution in [3.05, 3.63) is 0 Å². The number of carbonyl (C=O) groups is 2. The third-order valence-electron chi connectivity index (χ3n) is 1.66. The van der Waals surface area contributed by atoms with Crippen molar-refractivity contribution < 1.29 is 9.59 Å². The number of unbranched alkanes of at least 4 members (excludes halogenated alkanes) is 2. The SMILES string of the molecule is CCCCNC(N)=O.CCCCNC(N)=O. The minimum absolute atomic E-state index is 0.432. The quantitative estimate of drug-likeness (QED) is 0.510. The molecule has 6 heteroatoms. The van der Waals surface area contributed by atoms with Crippen LogP contribution < -0.4 is 22.1 Å². The number of hydrogen-bond acceptors (Lipinski definition) is 2. The van der Waals surface area contributed by atoms with Crippen molar-refractivity contribution in [3.8, 4) is 0 Å². The van der Waals surface area contributed by atoms with Crippen molar-refractivity contribution in [2.45, 2.75) is 39.5 Å². The van der Waals surface area contributed by atoms with Gasteiger partial charge in [-0.2, -0.15) is 0 Å². The Morgan fingerprint density at radius 3 is 1.38 bits per heavy atom. The lowest BCUT2D eigenvalue weighted by Gasteiger charge is -1.96. The minimum Gasteiger partial charge on any atom is -0.352 e. The lowest BCUT2D eigenvalue weighted by Crippen LogP contribution is -2.29. The zero-order valence-electron chi connectivity index (χ0n) is 10.2. The van der Waals surface area contributed by atoms with Crippen molar-refractivity contribution in [1.82, 2.24) is 10.6 Å². The zero-order valence-corrected chi connectivity index (χ0v) is 10.2. The molecule has 6 nitrogen and oxygen atoms in total. The largest absolute Gasteiger partial charge is 0.352 e. The molecular formula is C10H24N4O2. The summed E-state index contributed by atoms with van der Waals surface area (Å²) in [5.41, 5.74) is 9.57. The molecule has 0 aliphatic carbocycles. The second-order valence-electron chi connectivity index (χ2n) is 3.29. The number of amides is 4. The van der Waals surface area contributed by atoms with E-state index in [4.69, 9.17) is 11.5 Å². The average Bonchev–Trinajstić information content (AvgIpc) is 2.18. The Bertz CT molecular complexity index is 166. The standard InChI is InChI=1S/2C5H12N2O/c2*1-2-3-4-7-5(6)8/h2*2-4H2,1H3,(H3,6,7,8). The third-order valence-corrected chi connectivity index (χ3v) is 1.66. The summed E-state index contributed by atoms with van der Waals surface area (Å²) < 4.78 is 0. The van der Waals surface area contributed by atoms with Crippen LogP contribution in [0.4, 0.5) is 9.59 Å². The van der Waals surface area contributed by atoms with Crippen LogP contribution in [-0.4, -0.2) is 25.2 Å². The molecule has 0 aromatic rings. The van der Waals surface area contributed by atoms with Gasteiger partial charge in [0.25, 0.3) is 0 Å². The predicted octanol–water partition coefficient (Wildman–Crippen LogP) is 0.910. The molecular weight excluding hydrogens is 208 g/mol. The van der Waals surface area contributed by atoms with Gasteiger partial charge in [-0.05, 0) is 12.8 Å². The Labute approximate surface area is 97.1 Å². The summed E-state index contributed by atoms with van der Waals surface area (Å²) in [6, 6.07) is -0.864. The first-order valence-electron chi connectivity index (χ1n) is 5.61.